The molecule has 0 saturated heterocycles. The molecule has 0 spiro atoms. The molecule has 0 radical (unpaired) electrons. The zero-order valence-corrected chi connectivity index (χ0v) is 10.4. The Bertz CT molecular complexity index is 538. The van der Waals surface area contributed by atoms with Gasteiger partial charge in [-0.25, -0.2) is 13.2 Å². The lowest BCUT2D eigenvalue weighted by molar-refractivity contribution is -0.121. The summed E-state index contributed by atoms with van der Waals surface area (Å²) in [5.74, 6) is -0.879. The molecular formula is C10H14N2O5S. The number of carbonyl (C=O) groups is 2. The van der Waals surface area contributed by atoms with Crippen LogP contribution < -0.4 is 11.1 Å². The van der Waals surface area contributed by atoms with Gasteiger partial charge in [-0.2, -0.15) is 0 Å². The van der Waals surface area contributed by atoms with Gasteiger partial charge in [0.05, 0.1) is 5.25 Å². The molecule has 0 aromatic heterocycles. The number of primary amides is 1. The van der Waals surface area contributed by atoms with Crippen molar-refractivity contribution in [1.82, 2.24) is 5.32 Å². The molecular weight excluding hydrogens is 260 g/mol. The van der Waals surface area contributed by atoms with Crippen LogP contribution in [0.1, 0.15) is 19.3 Å². The van der Waals surface area contributed by atoms with Gasteiger partial charge in [0.15, 0.2) is 14.7 Å². The van der Waals surface area contributed by atoms with Gasteiger partial charge in [-0.05, 0) is 12.8 Å². The summed E-state index contributed by atoms with van der Waals surface area (Å²) in [5.41, 5.74) is 3.67. The first-order valence-electron chi connectivity index (χ1n) is 5.41. The molecule has 100 valence electrons. The first-order valence-corrected chi connectivity index (χ1v) is 6.96. The van der Waals surface area contributed by atoms with E-state index in [1.54, 1.807) is 0 Å². The lowest BCUT2D eigenvalue weighted by atomic mass is 10.1. The summed E-state index contributed by atoms with van der Waals surface area (Å²) in [4.78, 5) is 20.4. The van der Waals surface area contributed by atoms with E-state index in [4.69, 9.17) is 10.8 Å². The largest absolute Gasteiger partial charge is 0.465 e. The standard InChI is InChI=1S/C10H14N2O5S/c1-2-9(7(11)13)5-10(9,12-8(14)15)18(16,17)6-3-4-6/h2,6,12H,1,3-5H2,(H2,11,13)(H,14,15). The summed E-state index contributed by atoms with van der Waals surface area (Å²) in [6.07, 6.45) is 0.424. The van der Waals surface area contributed by atoms with Crippen LogP contribution in [0, 0.1) is 5.41 Å². The van der Waals surface area contributed by atoms with E-state index in [9.17, 15) is 18.0 Å². The minimum atomic E-state index is -3.78. The second-order valence-corrected chi connectivity index (χ2v) is 7.17. The Balaban J connectivity index is 2.49. The highest BCUT2D eigenvalue weighted by atomic mass is 32.2. The number of sulfone groups is 1. The topological polar surface area (TPSA) is 127 Å². The molecule has 2 saturated carbocycles. The predicted molar refractivity (Wildman–Crippen MR) is 62.3 cm³/mol. The van der Waals surface area contributed by atoms with E-state index < -0.39 is 37.4 Å². The number of nitrogens with two attached hydrogens (primary N) is 1. The zero-order chi connectivity index (χ0) is 13.8. The SMILES string of the molecule is C=CC1(C(N)=O)CC1(NC(=O)O)S(=O)(=O)C1CC1. The lowest BCUT2D eigenvalue weighted by Gasteiger charge is -2.21. The second-order valence-electron chi connectivity index (χ2n) is 4.72. The van der Waals surface area contributed by atoms with E-state index >= 15 is 0 Å². The lowest BCUT2D eigenvalue weighted by Crippen LogP contribution is -2.51. The fourth-order valence-electron chi connectivity index (χ4n) is 2.39. The summed E-state index contributed by atoms with van der Waals surface area (Å²) < 4.78 is 24.6. The first kappa shape index (κ1) is 12.9. The van der Waals surface area contributed by atoms with Crippen molar-refractivity contribution in [3.63, 3.8) is 0 Å². The van der Waals surface area contributed by atoms with Crippen LogP contribution in [0.2, 0.25) is 0 Å². The Hall–Kier alpha value is -1.57. The fourth-order valence-corrected chi connectivity index (χ4v) is 5.06. The molecule has 4 N–H and O–H groups in total. The highest BCUT2D eigenvalue weighted by molar-refractivity contribution is 7.94. The highest BCUT2D eigenvalue weighted by Gasteiger charge is 2.79. The van der Waals surface area contributed by atoms with Crippen molar-refractivity contribution >= 4 is 21.8 Å². The maximum Gasteiger partial charge on any atom is 0.405 e. The molecule has 18 heavy (non-hydrogen) atoms. The van der Waals surface area contributed by atoms with Gasteiger partial charge in [-0.15, -0.1) is 6.58 Å². The smallest absolute Gasteiger partial charge is 0.405 e. The first-order chi connectivity index (χ1) is 8.23. The normalized spacial score (nSPS) is 34.7. The van der Waals surface area contributed by atoms with Crippen LogP contribution in [0.15, 0.2) is 12.7 Å². The quantitative estimate of drug-likeness (QED) is 0.587. The van der Waals surface area contributed by atoms with E-state index in [1.165, 1.54) is 0 Å². The molecule has 2 rings (SSSR count). The van der Waals surface area contributed by atoms with Gasteiger partial charge in [0.25, 0.3) is 0 Å². The van der Waals surface area contributed by atoms with Gasteiger partial charge in [0.1, 0.15) is 5.41 Å². The minimum Gasteiger partial charge on any atom is -0.465 e. The Kier molecular flexibility index (Phi) is 2.48. The van der Waals surface area contributed by atoms with Crippen LogP contribution in [0.4, 0.5) is 4.79 Å². The summed E-state index contributed by atoms with van der Waals surface area (Å²) in [6, 6.07) is 0. The van der Waals surface area contributed by atoms with Gasteiger partial charge >= 0.3 is 6.09 Å². The van der Waals surface area contributed by atoms with Crippen LogP contribution in [0.25, 0.3) is 0 Å². The van der Waals surface area contributed by atoms with E-state index in [2.05, 4.69) is 6.58 Å². The summed E-state index contributed by atoms with van der Waals surface area (Å²) in [6.45, 7) is 3.41. The zero-order valence-electron chi connectivity index (χ0n) is 9.55. The van der Waals surface area contributed by atoms with Gasteiger partial charge in [-0.1, -0.05) is 6.08 Å². The van der Waals surface area contributed by atoms with Crippen LogP contribution in [0.5, 0.6) is 0 Å². The van der Waals surface area contributed by atoms with Crippen LogP contribution in [-0.4, -0.2) is 35.6 Å². The predicted octanol–water partition coefficient (Wildman–Crippen LogP) is -0.411. The van der Waals surface area contributed by atoms with Crippen LogP contribution >= 0.6 is 0 Å². The molecule has 2 aliphatic carbocycles. The second kappa shape index (κ2) is 3.47. The van der Waals surface area contributed by atoms with Crippen molar-refractivity contribution in [3.8, 4) is 0 Å². The molecule has 0 bridgehead atoms. The molecule has 0 aliphatic heterocycles. The van der Waals surface area contributed by atoms with Crippen molar-refractivity contribution in [1.29, 1.82) is 0 Å². The Morgan fingerprint density at radius 1 is 1.44 bits per heavy atom. The van der Waals surface area contributed by atoms with E-state index in [0.717, 1.165) is 6.08 Å². The van der Waals surface area contributed by atoms with Gasteiger partial charge in [0, 0.05) is 6.42 Å². The Morgan fingerprint density at radius 3 is 2.28 bits per heavy atom. The third kappa shape index (κ3) is 1.38. The van der Waals surface area contributed by atoms with Crippen molar-refractivity contribution in [2.24, 2.45) is 11.1 Å². The minimum absolute atomic E-state index is 0.177. The van der Waals surface area contributed by atoms with Crippen LogP contribution in [0.3, 0.4) is 0 Å². The molecule has 7 nitrogen and oxygen atoms in total. The molecule has 2 atom stereocenters. The molecule has 8 heteroatoms. The van der Waals surface area contributed by atoms with E-state index in [1.807, 2.05) is 5.32 Å². The van der Waals surface area contributed by atoms with Gasteiger partial charge in [0.2, 0.25) is 5.91 Å². The molecule has 2 amide bonds. The molecule has 0 aromatic rings. The van der Waals surface area contributed by atoms with Crippen molar-refractivity contribution in [3.05, 3.63) is 12.7 Å². The maximum absolute atomic E-state index is 12.3. The van der Waals surface area contributed by atoms with Gasteiger partial charge in [-0.3, -0.25) is 4.79 Å². The van der Waals surface area contributed by atoms with Gasteiger partial charge < -0.3 is 16.2 Å². The average molecular weight is 274 g/mol. The van der Waals surface area contributed by atoms with E-state index in [0.29, 0.717) is 12.8 Å². The molecule has 2 fully saturated rings. The molecule has 2 aliphatic rings. The monoisotopic (exact) mass is 274 g/mol. The molecule has 0 aromatic carbocycles. The summed E-state index contributed by atoms with van der Waals surface area (Å²) >= 11 is 0. The Morgan fingerprint density at radius 2 is 2.00 bits per heavy atom. The maximum atomic E-state index is 12.3. The summed E-state index contributed by atoms with van der Waals surface area (Å²) in [7, 11) is -3.78. The van der Waals surface area contributed by atoms with Crippen molar-refractivity contribution in [2.45, 2.75) is 29.4 Å². The average Bonchev–Trinajstić information content (AvgIpc) is 3.11. The molecule has 2 unspecified atom stereocenters. The fraction of sp³-hybridized carbons (Fsp3) is 0.600. The number of carboxylic acid groups (broad SMARTS) is 1. The third-order valence-corrected chi connectivity index (χ3v) is 6.60. The number of rotatable bonds is 5. The Labute approximate surface area is 104 Å². The van der Waals surface area contributed by atoms with Crippen molar-refractivity contribution < 1.29 is 23.1 Å². The third-order valence-electron chi connectivity index (χ3n) is 3.67. The number of hydrogen-bond acceptors (Lipinski definition) is 4. The summed E-state index contributed by atoms with van der Waals surface area (Å²) in [5, 5.41) is 10.2. The highest BCUT2D eigenvalue weighted by Crippen LogP contribution is 2.62. The number of amides is 2. The molecule has 0 heterocycles. The van der Waals surface area contributed by atoms with Crippen molar-refractivity contribution in [2.75, 3.05) is 0 Å². The number of nitrogens with one attached hydrogen (secondary N) is 1. The number of carbonyl (C=O) groups excluding carboxylic acids is 1. The van der Waals surface area contributed by atoms with Crippen LogP contribution in [-0.2, 0) is 14.6 Å². The van der Waals surface area contributed by atoms with E-state index in [-0.39, 0.29) is 6.42 Å². The number of hydrogen-bond donors (Lipinski definition) is 3.